The Kier molecular flexibility index (Phi) is 21.0. The van der Waals surface area contributed by atoms with Crippen molar-refractivity contribution in [3.8, 4) is 11.1 Å². The van der Waals surface area contributed by atoms with Crippen molar-refractivity contribution in [1.82, 2.24) is 0 Å². The third-order valence-corrected chi connectivity index (χ3v) is 7.93. The minimum absolute atomic E-state index is 0. The van der Waals surface area contributed by atoms with Crippen molar-refractivity contribution in [2.45, 2.75) is 92.9 Å². The van der Waals surface area contributed by atoms with Crippen molar-refractivity contribution >= 4 is 29.0 Å². The predicted molar refractivity (Wildman–Crippen MR) is 215 cm³/mol. The van der Waals surface area contributed by atoms with Crippen LogP contribution in [0.15, 0.2) is 97.1 Å². The quantitative estimate of drug-likeness (QED) is 0.157. The van der Waals surface area contributed by atoms with Gasteiger partial charge < -0.3 is 0 Å². The van der Waals surface area contributed by atoms with E-state index in [-0.39, 0.29) is 35.6 Å². The monoisotopic (exact) mass is 756 g/mol. The standard InChI is InChI=1S/C23H29.2C8H9.C5H5.CH2.2ClH.Zr/c1-14-9-16-11-17-10-15(2)21(23(6,7)8)13-19(17)18(16)12-20(14)22(3,4)5;2*1-2-8-6-4-3-5-7-8;1-2-4-5-3-1;;;;/h9,12-13H,11H2,1-8H3;2*2-7H,1H3;1-3H,4H2;1H2;2*1H;/q4*-1;;;;. The zero-order valence-corrected chi connectivity index (χ0v) is 34.9. The Morgan fingerprint density at radius 3 is 1.52 bits per heavy atom. The van der Waals surface area contributed by atoms with Gasteiger partial charge in [0.05, 0.1) is 0 Å². The van der Waals surface area contributed by atoms with Crippen LogP contribution in [-0.2, 0) is 41.5 Å². The molecule has 2 aliphatic carbocycles. The summed E-state index contributed by atoms with van der Waals surface area (Å²) in [5.74, 6) is 0. The van der Waals surface area contributed by atoms with E-state index in [1.165, 1.54) is 79.9 Å². The van der Waals surface area contributed by atoms with Crippen LogP contribution in [-0.4, -0.2) is 4.21 Å². The molecule has 0 heterocycles. The number of fused-ring (bicyclic) bond motifs is 3. The zero-order valence-electron chi connectivity index (χ0n) is 30.8. The van der Waals surface area contributed by atoms with Crippen LogP contribution in [0, 0.1) is 38.8 Å². The Labute approximate surface area is 321 Å². The molecule has 0 nitrogen and oxygen atoms in total. The van der Waals surface area contributed by atoms with Crippen LogP contribution in [0.1, 0.15) is 106 Å². The van der Waals surface area contributed by atoms with Gasteiger partial charge in [-0.1, -0.05) is 97.6 Å². The maximum absolute atomic E-state index is 3.69. The average molecular weight is 759 g/mol. The van der Waals surface area contributed by atoms with Gasteiger partial charge in [0.25, 0.3) is 0 Å². The number of hydrogen-bond donors (Lipinski definition) is 0. The normalized spacial score (nSPS) is 11.4. The van der Waals surface area contributed by atoms with Gasteiger partial charge in [-0.3, -0.25) is 6.08 Å². The van der Waals surface area contributed by atoms with E-state index in [0.29, 0.717) is 0 Å². The van der Waals surface area contributed by atoms with Gasteiger partial charge in [0.1, 0.15) is 0 Å². The molecule has 0 atom stereocenters. The van der Waals surface area contributed by atoms with Crippen molar-refractivity contribution < 1.29 is 24.2 Å². The molecule has 0 spiro atoms. The fraction of sp³-hybridized carbons (Fsp3) is 0.311. The van der Waals surface area contributed by atoms with E-state index >= 15 is 0 Å². The molecule has 4 aromatic carbocycles. The van der Waals surface area contributed by atoms with Gasteiger partial charge in [-0.05, 0) is 35.4 Å². The number of benzene rings is 4. The van der Waals surface area contributed by atoms with E-state index in [1.54, 1.807) is 0 Å². The molecule has 3 heteroatoms. The summed E-state index contributed by atoms with van der Waals surface area (Å²) >= 11 is 1.30. The maximum atomic E-state index is 3.69. The second-order valence-corrected chi connectivity index (χ2v) is 13.6. The van der Waals surface area contributed by atoms with Crippen LogP contribution in [0.2, 0.25) is 0 Å². The molecule has 0 amide bonds. The molecule has 2 aliphatic rings. The van der Waals surface area contributed by atoms with Gasteiger partial charge in [-0.25, -0.2) is 12.2 Å². The molecule has 0 aromatic heterocycles. The summed E-state index contributed by atoms with van der Waals surface area (Å²) in [4.78, 5) is 0. The van der Waals surface area contributed by atoms with Gasteiger partial charge in [0, 0.05) is 0 Å². The Morgan fingerprint density at radius 2 is 1.17 bits per heavy atom. The van der Waals surface area contributed by atoms with Crippen LogP contribution in [0.4, 0.5) is 0 Å². The Morgan fingerprint density at radius 1 is 0.688 bits per heavy atom. The van der Waals surface area contributed by atoms with Gasteiger partial charge in [0.2, 0.25) is 0 Å². The first-order chi connectivity index (χ1) is 21.8. The molecule has 0 bridgehead atoms. The predicted octanol–water partition coefficient (Wildman–Crippen LogP) is 12.9. The third-order valence-electron chi connectivity index (χ3n) is 7.93. The van der Waals surface area contributed by atoms with E-state index in [1.807, 2.05) is 62.4 Å². The van der Waals surface area contributed by atoms with Crippen molar-refractivity contribution in [3.05, 3.63) is 167 Å². The molecule has 6 rings (SSSR count). The average Bonchev–Trinajstić information content (AvgIpc) is 3.73. The molecule has 4 aromatic rings. The van der Waals surface area contributed by atoms with Crippen molar-refractivity contribution in [2.24, 2.45) is 0 Å². The van der Waals surface area contributed by atoms with Crippen molar-refractivity contribution in [3.63, 3.8) is 0 Å². The Hall–Kier alpha value is -2.57. The van der Waals surface area contributed by atoms with E-state index in [2.05, 4.69) is 133 Å². The van der Waals surface area contributed by atoms with Gasteiger partial charge >= 0.3 is 28.4 Å². The number of aryl methyl sites for hydroxylation is 2. The van der Waals surface area contributed by atoms with E-state index in [4.69, 9.17) is 0 Å². The minimum atomic E-state index is 0. The zero-order chi connectivity index (χ0) is 34.3. The van der Waals surface area contributed by atoms with Crippen LogP contribution >= 0.6 is 24.8 Å². The van der Waals surface area contributed by atoms with Crippen molar-refractivity contribution in [2.75, 3.05) is 0 Å². The molecule has 0 saturated carbocycles. The molecule has 0 radical (unpaired) electrons. The number of halogens is 2. The summed E-state index contributed by atoms with van der Waals surface area (Å²) in [5, 5.41) is 0. The summed E-state index contributed by atoms with van der Waals surface area (Å²) < 4.78 is 3.34. The number of rotatable bonds is 2. The Bertz CT molecular complexity index is 1440. The molecule has 0 N–H and O–H groups in total. The summed E-state index contributed by atoms with van der Waals surface area (Å²) in [6, 6.07) is 31.5. The van der Waals surface area contributed by atoms with E-state index < -0.39 is 0 Å². The number of allylic oxidation sites excluding steroid dienone is 4. The fourth-order valence-electron chi connectivity index (χ4n) is 5.65. The molecule has 0 saturated heterocycles. The van der Waals surface area contributed by atoms with Gasteiger partial charge in [-0.2, -0.15) is 72.0 Å². The third kappa shape index (κ3) is 14.1. The molecule has 0 aliphatic heterocycles. The summed E-state index contributed by atoms with van der Waals surface area (Å²) in [7, 11) is 0. The molecule has 0 unspecified atom stereocenters. The topological polar surface area (TPSA) is 0 Å². The summed E-state index contributed by atoms with van der Waals surface area (Å²) in [6.45, 7) is 22.3. The van der Waals surface area contributed by atoms with E-state index in [0.717, 1.165) is 12.8 Å². The Balaban J connectivity index is 0.000000723. The second-order valence-electron chi connectivity index (χ2n) is 13.6. The molecular formula is C45H56Cl2Zr-4. The van der Waals surface area contributed by atoms with Gasteiger partial charge in [-0.15, -0.1) is 72.2 Å². The van der Waals surface area contributed by atoms with Crippen LogP contribution in [0.25, 0.3) is 11.1 Å². The summed E-state index contributed by atoms with van der Waals surface area (Å²) in [5.41, 5.74) is 14.2. The number of hydrogen-bond acceptors (Lipinski definition) is 0. The fourth-order valence-corrected chi connectivity index (χ4v) is 5.65. The summed E-state index contributed by atoms with van der Waals surface area (Å²) in [6.07, 6.45) is 15.2. The van der Waals surface area contributed by atoms with Crippen molar-refractivity contribution in [1.29, 1.82) is 0 Å². The second kappa shape index (κ2) is 22.2. The molecule has 0 fully saturated rings. The van der Waals surface area contributed by atoms with E-state index in [9.17, 15) is 0 Å². The van der Waals surface area contributed by atoms with Crippen LogP contribution < -0.4 is 0 Å². The van der Waals surface area contributed by atoms with Crippen LogP contribution in [0.3, 0.4) is 0 Å². The molecular weight excluding hydrogens is 703 g/mol. The SMILES string of the molecule is C[CH-]c1ccccc1.C[CH-]c1ccccc1.Cc1[c-]c2c(cc1C(C)(C)C)-c1cc(C(C)(C)C)c(C)cc1C2.Cl.Cl.[C-]1=CC=CC1.[CH2]=[Zr]. The first-order valence-corrected chi connectivity index (χ1v) is 18.1. The first kappa shape index (κ1) is 45.4. The molecule has 258 valence electrons. The first-order valence-electron chi connectivity index (χ1n) is 16.3. The van der Waals surface area contributed by atoms with Gasteiger partial charge in [0.15, 0.2) is 0 Å². The van der Waals surface area contributed by atoms with Crippen LogP contribution in [0.5, 0.6) is 0 Å². The molecule has 48 heavy (non-hydrogen) atoms.